The highest BCUT2D eigenvalue weighted by molar-refractivity contribution is 5.62. The smallest absolute Gasteiger partial charge is 0.135 e. The maximum atomic E-state index is 4.29. The summed E-state index contributed by atoms with van der Waals surface area (Å²) < 4.78 is 0. The molecule has 23 heavy (non-hydrogen) atoms. The minimum absolute atomic E-state index is 0.744. The van der Waals surface area contributed by atoms with Crippen LogP contribution in [0.3, 0.4) is 0 Å². The number of aryl methyl sites for hydroxylation is 2. The summed E-state index contributed by atoms with van der Waals surface area (Å²) in [5.41, 5.74) is 4.77. The van der Waals surface area contributed by atoms with Gasteiger partial charge in [0, 0.05) is 18.3 Å². The number of hydrogen-bond donors (Lipinski definition) is 2. The maximum Gasteiger partial charge on any atom is 0.135 e. The van der Waals surface area contributed by atoms with Gasteiger partial charge in [-0.15, -0.1) is 0 Å². The Hall–Kier alpha value is -2.88. The van der Waals surface area contributed by atoms with Crippen molar-refractivity contribution in [1.29, 1.82) is 0 Å². The molecule has 0 aliphatic carbocycles. The number of benzene rings is 2. The summed E-state index contributed by atoms with van der Waals surface area (Å²) in [7, 11) is 0. The van der Waals surface area contributed by atoms with E-state index in [0.29, 0.717) is 0 Å². The lowest BCUT2D eigenvalue weighted by Gasteiger charge is -2.11. The van der Waals surface area contributed by atoms with Gasteiger partial charge in [0.05, 0.1) is 0 Å². The molecule has 0 unspecified atom stereocenters. The molecule has 2 N–H and O–H groups in total. The van der Waals surface area contributed by atoms with Crippen molar-refractivity contribution in [3.63, 3.8) is 0 Å². The maximum absolute atomic E-state index is 4.29. The van der Waals surface area contributed by atoms with Gasteiger partial charge in [-0.3, -0.25) is 0 Å². The number of aromatic nitrogens is 2. The van der Waals surface area contributed by atoms with Crippen LogP contribution in [0.4, 0.5) is 17.3 Å². The van der Waals surface area contributed by atoms with Gasteiger partial charge >= 0.3 is 0 Å². The Morgan fingerprint density at radius 2 is 1.52 bits per heavy atom. The van der Waals surface area contributed by atoms with E-state index in [9.17, 15) is 0 Å². The van der Waals surface area contributed by atoms with Crippen molar-refractivity contribution in [3.8, 4) is 0 Å². The van der Waals surface area contributed by atoms with Crippen LogP contribution in [0.1, 0.15) is 16.7 Å². The Labute approximate surface area is 136 Å². The topological polar surface area (TPSA) is 49.8 Å². The van der Waals surface area contributed by atoms with E-state index in [2.05, 4.69) is 58.7 Å². The van der Waals surface area contributed by atoms with E-state index in [1.165, 1.54) is 16.7 Å². The Bertz CT molecular complexity index is 799. The molecule has 4 nitrogen and oxygen atoms in total. The van der Waals surface area contributed by atoms with E-state index < -0.39 is 0 Å². The third-order valence-electron chi connectivity index (χ3n) is 3.80. The van der Waals surface area contributed by atoms with E-state index in [1.54, 1.807) is 6.33 Å². The van der Waals surface area contributed by atoms with Crippen molar-refractivity contribution in [2.75, 3.05) is 10.6 Å². The summed E-state index contributed by atoms with van der Waals surface area (Å²) in [6, 6.07) is 18.4. The van der Waals surface area contributed by atoms with E-state index in [1.807, 2.05) is 30.3 Å². The van der Waals surface area contributed by atoms with Crippen LogP contribution in [0.15, 0.2) is 60.9 Å². The van der Waals surface area contributed by atoms with Crippen LogP contribution in [0.5, 0.6) is 0 Å². The molecule has 0 aliphatic rings. The molecular formula is C19H20N4. The molecule has 0 atom stereocenters. The van der Waals surface area contributed by atoms with Crippen LogP contribution in [0.25, 0.3) is 0 Å². The van der Waals surface area contributed by atoms with E-state index in [-0.39, 0.29) is 0 Å². The van der Waals surface area contributed by atoms with Gasteiger partial charge in [-0.05, 0) is 36.6 Å². The Balaban J connectivity index is 1.70. The first-order chi connectivity index (χ1) is 11.2. The third-order valence-corrected chi connectivity index (χ3v) is 3.80. The van der Waals surface area contributed by atoms with Crippen molar-refractivity contribution >= 4 is 17.3 Å². The normalized spacial score (nSPS) is 10.3. The number of rotatable bonds is 5. The molecule has 0 bridgehead atoms. The Morgan fingerprint density at radius 3 is 2.30 bits per heavy atom. The van der Waals surface area contributed by atoms with E-state index in [4.69, 9.17) is 0 Å². The lowest BCUT2D eigenvalue weighted by Crippen LogP contribution is -2.04. The first-order valence-electron chi connectivity index (χ1n) is 7.65. The van der Waals surface area contributed by atoms with Gasteiger partial charge in [0.1, 0.15) is 18.0 Å². The molecule has 0 fully saturated rings. The fourth-order valence-electron chi connectivity index (χ4n) is 2.37. The van der Waals surface area contributed by atoms with Gasteiger partial charge in [-0.1, -0.05) is 42.5 Å². The highest BCUT2D eigenvalue weighted by Gasteiger charge is 2.02. The first-order valence-corrected chi connectivity index (χ1v) is 7.65. The Kier molecular flexibility index (Phi) is 4.52. The van der Waals surface area contributed by atoms with Crippen LogP contribution in [-0.4, -0.2) is 9.97 Å². The van der Waals surface area contributed by atoms with Crippen molar-refractivity contribution in [3.05, 3.63) is 77.6 Å². The lowest BCUT2D eigenvalue weighted by atomic mass is 10.1. The SMILES string of the molecule is Cc1ccccc1CNc1cc(Nc2ccccc2C)ncn1. The fraction of sp³-hybridized carbons (Fsp3) is 0.158. The van der Waals surface area contributed by atoms with Gasteiger partial charge < -0.3 is 10.6 Å². The van der Waals surface area contributed by atoms with E-state index in [0.717, 1.165) is 23.9 Å². The average Bonchev–Trinajstić information content (AvgIpc) is 2.57. The molecule has 3 aromatic rings. The van der Waals surface area contributed by atoms with Gasteiger partial charge in [-0.25, -0.2) is 9.97 Å². The second-order valence-electron chi connectivity index (χ2n) is 5.51. The molecule has 0 saturated carbocycles. The van der Waals surface area contributed by atoms with Crippen LogP contribution in [0.2, 0.25) is 0 Å². The predicted octanol–water partition coefficient (Wildman–Crippen LogP) is 4.45. The molecular weight excluding hydrogens is 284 g/mol. The highest BCUT2D eigenvalue weighted by atomic mass is 15.1. The second kappa shape index (κ2) is 6.92. The monoisotopic (exact) mass is 304 g/mol. The summed E-state index contributed by atoms with van der Waals surface area (Å²) in [5, 5.41) is 6.68. The zero-order valence-corrected chi connectivity index (χ0v) is 13.4. The largest absolute Gasteiger partial charge is 0.366 e. The van der Waals surface area contributed by atoms with Crippen molar-refractivity contribution in [2.24, 2.45) is 0 Å². The van der Waals surface area contributed by atoms with E-state index >= 15 is 0 Å². The van der Waals surface area contributed by atoms with Crippen LogP contribution in [0, 0.1) is 13.8 Å². The molecule has 4 heteroatoms. The van der Waals surface area contributed by atoms with Crippen LogP contribution < -0.4 is 10.6 Å². The quantitative estimate of drug-likeness (QED) is 0.731. The first kappa shape index (κ1) is 15.0. The second-order valence-corrected chi connectivity index (χ2v) is 5.51. The molecule has 1 heterocycles. The lowest BCUT2D eigenvalue weighted by molar-refractivity contribution is 1.07. The Morgan fingerprint density at radius 1 is 0.826 bits per heavy atom. The van der Waals surface area contributed by atoms with Gasteiger partial charge in [-0.2, -0.15) is 0 Å². The summed E-state index contributed by atoms with van der Waals surface area (Å²) in [6.07, 6.45) is 1.57. The molecule has 0 saturated heterocycles. The molecule has 0 radical (unpaired) electrons. The van der Waals surface area contributed by atoms with Gasteiger partial charge in [0.15, 0.2) is 0 Å². The molecule has 1 aromatic heterocycles. The van der Waals surface area contributed by atoms with Gasteiger partial charge in [0.25, 0.3) is 0 Å². The zero-order chi connectivity index (χ0) is 16.1. The summed E-state index contributed by atoms with van der Waals surface area (Å²) in [6.45, 7) is 4.93. The number of nitrogens with zero attached hydrogens (tertiary/aromatic N) is 2. The highest BCUT2D eigenvalue weighted by Crippen LogP contribution is 2.20. The molecule has 0 spiro atoms. The van der Waals surface area contributed by atoms with Crippen LogP contribution in [-0.2, 0) is 6.54 Å². The third kappa shape index (κ3) is 3.86. The van der Waals surface area contributed by atoms with Crippen molar-refractivity contribution in [2.45, 2.75) is 20.4 Å². The predicted molar refractivity (Wildman–Crippen MR) is 95.0 cm³/mol. The fourth-order valence-corrected chi connectivity index (χ4v) is 2.37. The number of anilines is 3. The number of para-hydroxylation sites is 1. The number of hydrogen-bond acceptors (Lipinski definition) is 4. The van der Waals surface area contributed by atoms with Gasteiger partial charge in [0.2, 0.25) is 0 Å². The molecule has 3 rings (SSSR count). The molecule has 0 amide bonds. The van der Waals surface area contributed by atoms with Crippen molar-refractivity contribution < 1.29 is 0 Å². The standard InChI is InChI=1S/C19H20N4/c1-14-7-3-5-9-16(14)12-20-18-11-19(22-13-21-18)23-17-10-6-4-8-15(17)2/h3-11,13H,12H2,1-2H3,(H2,20,21,22,23). The zero-order valence-electron chi connectivity index (χ0n) is 13.4. The molecule has 116 valence electrons. The summed E-state index contributed by atoms with van der Waals surface area (Å²) in [5.74, 6) is 1.58. The molecule has 0 aliphatic heterocycles. The van der Waals surface area contributed by atoms with Crippen molar-refractivity contribution in [1.82, 2.24) is 9.97 Å². The molecule has 2 aromatic carbocycles. The summed E-state index contributed by atoms with van der Waals surface area (Å²) in [4.78, 5) is 8.57. The summed E-state index contributed by atoms with van der Waals surface area (Å²) >= 11 is 0. The minimum Gasteiger partial charge on any atom is -0.366 e. The average molecular weight is 304 g/mol. The number of nitrogens with one attached hydrogen (secondary N) is 2. The van der Waals surface area contributed by atoms with Crippen LogP contribution >= 0.6 is 0 Å². The minimum atomic E-state index is 0.744.